The Bertz CT molecular complexity index is 725. The van der Waals surface area contributed by atoms with E-state index in [0.29, 0.717) is 18.3 Å². The monoisotopic (exact) mass is 358 g/mol. The highest BCUT2D eigenvalue weighted by molar-refractivity contribution is 8.00. The Labute approximate surface area is 152 Å². The van der Waals surface area contributed by atoms with E-state index in [4.69, 9.17) is 0 Å². The van der Waals surface area contributed by atoms with Crippen LogP contribution in [0.1, 0.15) is 24.2 Å². The molecule has 0 aromatic heterocycles. The second-order valence-electron chi connectivity index (χ2n) is 6.42. The van der Waals surface area contributed by atoms with Gasteiger partial charge in [-0.25, -0.2) is 4.39 Å². The first-order valence-electron chi connectivity index (χ1n) is 8.60. The number of piperazine rings is 1. The number of anilines is 1. The number of carbonyl (C=O) groups excluding carboxylic acids is 1. The van der Waals surface area contributed by atoms with Crippen molar-refractivity contribution in [3.63, 3.8) is 0 Å². The zero-order valence-electron chi connectivity index (χ0n) is 14.6. The van der Waals surface area contributed by atoms with Gasteiger partial charge < -0.3 is 9.80 Å². The third-order valence-electron chi connectivity index (χ3n) is 4.24. The fourth-order valence-corrected chi connectivity index (χ4v) is 3.94. The summed E-state index contributed by atoms with van der Waals surface area (Å²) in [7, 11) is 0. The van der Waals surface area contributed by atoms with Crippen LogP contribution in [0.25, 0.3) is 0 Å². The van der Waals surface area contributed by atoms with Crippen molar-refractivity contribution in [3.05, 3.63) is 59.9 Å². The molecule has 132 valence electrons. The summed E-state index contributed by atoms with van der Waals surface area (Å²) in [5, 5.41) is 0.435. The van der Waals surface area contributed by atoms with Gasteiger partial charge in [-0.15, -0.1) is 11.8 Å². The van der Waals surface area contributed by atoms with Gasteiger partial charge in [0.15, 0.2) is 0 Å². The average molecular weight is 358 g/mol. The number of benzene rings is 2. The lowest BCUT2D eigenvalue weighted by Gasteiger charge is -2.36. The molecule has 0 bridgehead atoms. The van der Waals surface area contributed by atoms with Crippen molar-refractivity contribution in [2.75, 3.05) is 31.1 Å². The van der Waals surface area contributed by atoms with Gasteiger partial charge in [-0.2, -0.15) is 0 Å². The van der Waals surface area contributed by atoms with Crippen LogP contribution in [0.5, 0.6) is 0 Å². The van der Waals surface area contributed by atoms with Crippen molar-refractivity contribution in [2.45, 2.75) is 24.0 Å². The third-order valence-corrected chi connectivity index (χ3v) is 5.32. The van der Waals surface area contributed by atoms with Crippen molar-refractivity contribution in [1.29, 1.82) is 0 Å². The Morgan fingerprint density at radius 1 is 1.00 bits per heavy atom. The van der Waals surface area contributed by atoms with Crippen LogP contribution in [0.4, 0.5) is 10.1 Å². The lowest BCUT2D eigenvalue weighted by Crippen LogP contribution is -2.48. The Hall–Kier alpha value is -2.01. The van der Waals surface area contributed by atoms with E-state index in [-0.39, 0.29) is 11.7 Å². The van der Waals surface area contributed by atoms with Crippen molar-refractivity contribution >= 4 is 23.4 Å². The number of hydrogen-bond acceptors (Lipinski definition) is 3. The third kappa shape index (κ3) is 4.34. The van der Waals surface area contributed by atoms with Crippen LogP contribution in [0.3, 0.4) is 0 Å². The normalized spacial score (nSPS) is 14.9. The molecule has 3 nitrogen and oxygen atoms in total. The first-order chi connectivity index (χ1) is 12.0. The molecule has 0 N–H and O–H groups in total. The highest BCUT2D eigenvalue weighted by atomic mass is 32.2. The largest absolute Gasteiger partial charge is 0.368 e. The van der Waals surface area contributed by atoms with Gasteiger partial charge in [-0.05, 0) is 36.4 Å². The molecule has 1 fully saturated rings. The fraction of sp³-hybridized carbons (Fsp3) is 0.350. The summed E-state index contributed by atoms with van der Waals surface area (Å²) in [6, 6.07) is 14.4. The molecule has 1 heterocycles. The molecular formula is C20H23FN2OS. The molecular weight excluding hydrogens is 335 g/mol. The zero-order valence-corrected chi connectivity index (χ0v) is 15.4. The summed E-state index contributed by atoms with van der Waals surface area (Å²) in [6.07, 6.45) is 0. The molecule has 3 rings (SSSR count). The molecule has 1 saturated heterocycles. The number of carbonyl (C=O) groups is 1. The standard InChI is InChI=1S/C20H23FN2OS/c1-15(2)25-19-6-4-3-5-18(19)20(24)23-13-11-22(12-14-23)17-9-7-16(21)8-10-17/h3-10,15H,11-14H2,1-2H3. The van der Waals surface area contributed by atoms with Crippen LogP contribution < -0.4 is 4.90 Å². The van der Waals surface area contributed by atoms with Crippen LogP contribution in [0, 0.1) is 5.82 Å². The lowest BCUT2D eigenvalue weighted by atomic mass is 10.1. The van der Waals surface area contributed by atoms with E-state index < -0.39 is 0 Å². The Kier molecular flexibility index (Phi) is 5.63. The highest BCUT2D eigenvalue weighted by Gasteiger charge is 2.24. The van der Waals surface area contributed by atoms with Gasteiger partial charge in [0.2, 0.25) is 0 Å². The summed E-state index contributed by atoms with van der Waals surface area (Å²) >= 11 is 1.72. The summed E-state index contributed by atoms with van der Waals surface area (Å²) in [6.45, 7) is 7.14. The first-order valence-corrected chi connectivity index (χ1v) is 9.48. The molecule has 0 radical (unpaired) electrons. The van der Waals surface area contributed by atoms with E-state index in [0.717, 1.165) is 29.2 Å². The van der Waals surface area contributed by atoms with Gasteiger partial charge in [0, 0.05) is 42.0 Å². The SMILES string of the molecule is CC(C)Sc1ccccc1C(=O)N1CCN(c2ccc(F)cc2)CC1. The number of amides is 1. The smallest absolute Gasteiger partial charge is 0.255 e. The van der Waals surface area contributed by atoms with Crippen LogP contribution in [-0.2, 0) is 0 Å². The summed E-state index contributed by atoms with van der Waals surface area (Å²) in [5.74, 6) is -0.126. The molecule has 0 saturated carbocycles. The maximum absolute atomic E-state index is 13.1. The zero-order chi connectivity index (χ0) is 17.8. The van der Waals surface area contributed by atoms with E-state index in [1.807, 2.05) is 29.2 Å². The Balaban J connectivity index is 1.67. The molecule has 0 spiro atoms. The molecule has 25 heavy (non-hydrogen) atoms. The minimum absolute atomic E-state index is 0.0995. The van der Waals surface area contributed by atoms with E-state index in [2.05, 4.69) is 18.7 Å². The predicted octanol–water partition coefficient (Wildman–Crippen LogP) is 4.29. The van der Waals surface area contributed by atoms with Crippen LogP contribution in [0.2, 0.25) is 0 Å². The Morgan fingerprint density at radius 3 is 2.28 bits per heavy atom. The second kappa shape index (κ2) is 7.91. The van der Waals surface area contributed by atoms with Gasteiger partial charge >= 0.3 is 0 Å². The van der Waals surface area contributed by atoms with E-state index in [1.54, 1.807) is 23.9 Å². The van der Waals surface area contributed by atoms with Gasteiger partial charge in [-0.3, -0.25) is 4.79 Å². The van der Waals surface area contributed by atoms with E-state index >= 15 is 0 Å². The van der Waals surface area contributed by atoms with Crippen LogP contribution in [0.15, 0.2) is 53.4 Å². The van der Waals surface area contributed by atoms with Gasteiger partial charge in [0.05, 0.1) is 5.56 Å². The van der Waals surface area contributed by atoms with Crippen molar-refractivity contribution < 1.29 is 9.18 Å². The molecule has 0 unspecified atom stereocenters. The molecule has 5 heteroatoms. The number of rotatable bonds is 4. The minimum Gasteiger partial charge on any atom is -0.368 e. The maximum Gasteiger partial charge on any atom is 0.255 e. The summed E-state index contributed by atoms with van der Waals surface area (Å²) in [4.78, 5) is 18.1. The van der Waals surface area contributed by atoms with Crippen molar-refractivity contribution in [3.8, 4) is 0 Å². The number of nitrogens with zero attached hydrogens (tertiary/aromatic N) is 2. The number of thioether (sulfide) groups is 1. The highest BCUT2D eigenvalue weighted by Crippen LogP contribution is 2.28. The van der Waals surface area contributed by atoms with E-state index in [1.165, 1.54) is 12.1 Å². The molecule has 2 aromatic rings. The minimum atomic E-state index is -0.225. The van der Waals surface area contributed by atoms with Gasteiger partial charge in [0.25, 0.3) is 5.91 Å². The predicted molar refractivity (Wildman–Crippen MR) is 102 cm³/mol. The van der Waals surface area contributed by atoms with Gasteiger partial charge in [0.1, 0.15) is 5.82 Å². The second-order valence-corrected chi connectivity index (χ2v) is 8.04. The fourth-order valence-electron chi connectivity index (χ4n) is 2.99. The van der Waals surface area contributed by atoms with Crippen LogP contribution in [-0.4, -0.2) is 42.2 Å². The number of halogens is 1. The molecule has 0 aliphatic carbocycles. The van der Waals surface area contributed by atoms with E-state index in [9.17, 15) is 9.18 Å². The van der Waals surface area contributed by atoms with Gasteiger partial charge in [-0.1, -0.05) is 26.0 Å². The van der Waals surface area contributed by atoms with Crippen molar-refractivity contribution in [1.82, 2.24) is 4.90 Å². The maximum atomic E-state index is 13.1. The molecule has 1 aliphatic rings. The molecule has 1 amide bonds. The quantitative estimate of drug-likeness (QED) is 0.762. The Morgan fingerprint density at radius 2 is 1.64 bits per heavy atom. The molecule has 2 aromatic carbocycles. The topological polar surface area (TPSA) is 23.6 Å². The summed E-state index contributed by atoms with van der Waals surface area (Å²) in [5.41, 5.74) is 1.79. The number of hydrogen-bond donors (Lipinski definition) is 0. The first kappa shape index (κ1) is 17.8. The van der Waals surface area contributed by atoms with Crippen molar-refractivity contribution in [2.24, 2.45) is 0 Å². The van der Waals surface area contributed by atoms with Crippen LogP contribution >= 0.6 is 11.8 Å². The molecule has 1 aliphatic heterocycles. The average Bonchev–Trinajstić information content (AvgIpc) is 2.62. The summed E-state index contributed by atoms with van der Waals surface area (Å²) < 4.78 is 13.1. The molecule has 0 atom stereocenters. The lowest BCUT2D eigenvalue weighted by molar-refractivity contribution is 0.0743.